The predicted octanol–water partition coefficient (Wildman–Crippen LogP) is 11.5. The quantitative estimate of drug-likeness (QED) is 0.0182. The normalized spacial score (nSPS) is 19.1. The molecule has 115 heavy (non-hydrogen) atoms. The van der Waals surface area contributed by atoms with Gasteiger partial charge in [-0.25, -0.2) is 64.4 Å². The van der Waals surface area contributed by atoms with E-state index in [0.717, 1.165) is 53.8 Å². The number of rotatable bonds is 18. The average molecular weight is 1790 g/mol. The first-order valence-electron chi connectivity index (χ1n) is 36.0. The molecule has 12 rings (SSSR count). The molecule has 3 saturated carbocycles. The van der Waals surface area contributed by atoms with Crippen molar-refractivity contribution in [2.45, 2.75) is 224 Å². The molecule has 0 aromatic carbocycles. The number of nitrogens with one attached hydrogen (secondary N) is 5. The maximum absolute atomic E-state index is 14.9. The van der Waals surface area contributed by atoms with Crippen LogP contribution >= 0.6 is 49.9 Å². The molecule has 3 aliphatic rings. The molecule has 9 aromatic heterocycles. The van der Waals surface area contributed by atoms with Gasteiger partial charge in [-0.05, 0) is 147 Å². The third-order valence-electron chi connectivity index (χ3n) is 17.8. The summed E-state index contributed by atoms with van der Waals surface area (Å²) in [5, 5.41) is 35.1. The number of aromatic nitrogens is 9. The summed E-state index contributed by atoms with van der Waals surface area (Å²) < 4.78 is 167. The summed E-state index contributed by atoms with van der Waals surface area (Å²) in [6, 6.07) is -2.14. The van der Waals surface area contributed by atoms with Crippen LogP contribution in [0.1, 0.15) is 178 Å². The number of nitrogens with zero attached hydrogens (tertiary/aromatic N) is 9. The van der Waals surface area contributed by atoms with Gasteiger partial charge in [0.2, 0.25) is 0 Å². The molecule has 5 amide bonds. The summed E-state index contributed by atoms with van der Waals surface area (Å²) in [6.45, 7) is 19.1. The van der Waals surface area contributed by atoms with Crippen molar-refractivity contribution < 1.29 is 152 Å². The predicted molar refractivity (Wildman–Crippen MR) is 411 cm³/mol. The first-order valence-corrected chi connectivity index (χ1v) is 40.7. The van der Waals surface area contributed by atoms with Crippen LogP contribution in [0.4, 0.5) is 49.1 Å². The fourth-order valence-electron chi connectivity index (χ4n) is 12.7. The molecule has 9 aromatic rings. The number of hydrogen-bond acceptors (Lipinski definition) is 23. The topological polar surface area (TPSA) is 383 Å². The van der Waals surface area contributed by atoms with Gasteiger partial charge < -0.3 is 57.1 Å². The van der Waals surface area contributed by atoms with Crippen molar-refractivity contribution in [1.29, 1.82) is 0 Å². The van der Waals surface area contributed by atoms with Crippen molar-refractivity contribution in [1.82, 2.24) is 70.4 Å². The van der Waals surface area contributed by atoms with Crippen LogP contribution in [0.5, 0.6) is 11.5 Å². The second-order valence-corrected chi connectivity index (χ2v) is 34.4. The molecule has 0 spiro atoms. The number of carbonyl (C=O) groups excluding carboxylic acids is 5. The molecule has 0 aliphatic heterocycles. The van der Waals surface area contributed by atoms with Crippen molar-refractivity contribution >= 4 is 107 Å². The molecule has 0 saturated heterocycles. The van der Waals surface area contributed by atoms with Gasteiger partial charge in [-0.2, -0.15) is 36.9 Å². The second-order valence-electron chi connectivity index (χ2n) is 28.5. The van der Waals surface area contributed by atoms with Crippen LogP contribution in [0.2, 0.25) is 0 Å². The van der Waals surface area contributed by atoms with Crippen LogP contribution < -0.4 is 88.4 Å². The minimum atomic E-state index is -5.35. The number of hydrogen-bond donors (Lipinski definition) is 7. The van der Waals surface area contributed by atoms with Crippen molar-refractivity contribution in [2.24, 2.45) is 5.73 Å². The summed E-state index contributed by atoms with van der Waals surface area (Å²) in [7, 11) is -5.35. The molecule has 28 nitrogen and oxygen atoms in total. The van der Waals surface area contributed by atoms with Crippen molar-refractivity contribution in [3.8, 4) is 44.9 Å². The number of ether oxygens (including phenoxy) is 3. The van der Waals surface area contributed by atoms with Gasteiger partial charge in [0.25, 0.3) is 35.5 Å². The van der Waals surface area contributed by atoms with Gasteiger partial charge in [0, 0.05) is 85.7 Å². The SMILES string of the molecule is CCOS(=O)(=O)C(F)(F)F.CCOc1cnc2c(-c3cc(C(=O)N[C@@H]4[C@H](N)CCCC4(F)F)sc3CC)cnn2c1.CCc1sc(C(=O)N[C@@H]2[C@H](NC(=O)OC(C)(C)C)CCCC2(F)F)cc1-c1cnn2cc(Br)cnc12.CCc1sc(C(=O)N[C@@H]2[C@H](NC(=O)OC(C)(C)C)CCCC2(F)F)cc1-c1cnn2cc(O)cnc12.[K+].[OH-]. The number of thiophene rings is 3. The molecule has 9 N–H and O–H groups in total. The van der Waals surface area contributed by atoms with E-state index in [1.807, 2.05) is 27.7 Å². The van der Waals surface area contributed by atoms with Gasteiger partial charge in [-0.1, -0.05) is 20.8 Å². The van der Waals surface area contributed by atoms with Gasteiger partial charge in [-0.3, -0.25) is 18.6 Å². The third-order valence-corrected chi connectivity index (χ3v) is 23.1. The van der Waals surface area contributed by atoms with Crippen LogP contribution in [-0.4, -0.2) is 177 Å². The number of amides is 5. The van der Waals surface area contributed by atoms with E-state index >= 15 is 0 Å². The number of aromatic hydroxyl groups is 1. The van der Waals surface area contributed by atoms with E-state index in [9.17, 15) is 77.0 Å². The Labute approximate surface area is 718 Å². The Hall–Kier alpha value is -7.17. The van der Waals surface area contributed by atoms with E-state index in [0.29, 0.717) is 83.1 Å². The van der Waals surface area contributed by atoms with Crippen LogP contribution in [-0.2, 0) is 43.0 Å². The Bertz CT molecular complexity index is 4810. The van der Waals surface area contributed by atoms with Gasteiger partial charge in [0.05, 0.1) is 87.8 Å². The molecule has 624 valence electrons. The third kappa shape index (κ3) is 23.9. The van der Waals surface area contributed by atoms with Crippen LogP contribution in [0.3, 0.4) is 0 Å². The van der Waals surface area contributed by atoms with Crippen LogP contribution in [0.25, 0.3) is 50.3 Å². The maximum atomic E-state index is 14.9. The molecule has 43 heteroatoms. The number of alkyl carbamates (subject to hydrolysis) is 2. The zero-order valence-corrected chi connectivity index (χ0v) is 72.7. The largest absolute Gasteiger partial charge is 1.00 e. The monoisotopic (exact) mass is 1790 g/mol. The molecule has 0 radical (unpaired) electrons. The number of halogens is 10. The summed E-state index contributed by atoms with van der Waals surface area (Å²) in [5.74, 6) is -10.6. The summed E-state index contributed by atoms with van der Waals surface area (Å²) in [4.78, 5) is 80.5. The Morgan fingerprint density at radius 1 is 0.548 bits per heavy atom. The number of alkyl halides is 9. The number of fused-ring (bicyclic) bond motifs is 3. The van der Waals surface area contributed by atoms with Gasteiger partial charge >= 0.3 is 79.2 Å². The van der Waals surface area contributed by atoms with Crippen molar-refractivity contribution in [3.63, 3.8) is 0 Å². The Morgan fingerprint density at radius 3 is 1.28 bits per heavy atom. The number of carbonyl (C=O) groups is 5. The summed E-state index contributed by atoms with van der Waals surface area (Å²) in [5.41, 5.74) is 5.30. The molecule has 3 aliphatic carbocycles. The van der Waals surface area contributed by atoms with Gasteiger partial charge in [0.1, 0.15) is 29.3 Å². The van der Waals surface area contributed by atoms with E-state index in [4.69, 9.17) is 19.9 Å². The van der Waals surface area contributed by atoms with Gasteiger partial charge in [0.15, 0.2) is 28.4 Å². The van der Waals surface area contributed by atoms with Crippen LogP contribution in [0.15, 0.2) is 78.4 Å². The van der Waals surface area contributed by atoms with Gasteiger partial charge in [-0.15, -0.1) is 34.0 Å². The Balaban J connectivity index is 0.000000224. The molecule has 3 fully saturated rings. The molecule has 0 unspecified atom stereocenters. The zero-order valence-electron chi connectivity index (χ0n) is 64.7. The van der Waals surface area contributed by atoms with Crippen molar-refractivity contribution in [2.75, 3.05) is 13.2 Å². The zero-order chi connectivity index (χ0) is 83.1. The van der Waals surface area contributed by atoms with E-state index in [2.05, 4.69) is 76.9 Å². The van der Waals surface area contributed by atoms with E-state index in [-0.39, 0.29) is 106 Å². The maximum Gasteiger partial charge on any atom is 1.00 e. The molecule has 0 bridgehead atoms. The summed E-state index contributed by atoms with van der Waals surface area (Å²) in [6.07, 6.45) is 15.6. The molecule has 6 atom stereocenters. The Morgan fingerprint density at radius 2 is 0.913 bits per heavy atom. The first kappa shape index (κ1) is 95.0. The summed E-state index contributed by atoms with van der Waals surface area (Å²) >= 11 is 7.11. The standard InChI is InChI=1S/C24H28BrF2N5O3S.C24H29F2N5O4S.C21H25F2N5O2S.C3H5F3O3S.K.H2O/c1-5-17-14(15-11-29-32-12-13(25)10-28-20(15)32)9-18(36-17)21(33)31-19-16(7-6-8-24(19,26)27)30-22(34)35-23(2,3)4;1-5-17-14(15-11-28-31-12-13(32)10-27-20(15)31)9-18(36-17)21(33)30-19-16(7-6-8-24(19,25)26)29-22(34)35-23(2,3)4;1-3-16-13(14-10-26-28-11-12(30-4-2)9-25-19(14)28)8-17(31-16)20(29)27-18-15(24)6-5-7-21(18,22)23;1-2-9-10(7,8)3(4,5)6;;/h9-12,16,19H,5-8H2,1-4H3,(H,30,34)(H,31,33);9-12,16,19,32H,5-8H2,1-4H3,(H,29,34)(H,30,33);8-11,15,18H,3-7,24H2,1-2H3,(H,27,29);2H2,1H3;;1H2/q;;;;+1;/p-1/t2*16-,19-;15-,18-;;;/m111.../s1. The molecular weight excluding hydrogens is 1700 g/mol. The second kappa shape index (κ2) is 39.1. The smallest absolute Gasteiger partial charge is 0.870 e. The first-order chi connectivity index (χ1) is 52.9. The van der Waals surface area contributed by atoms with E-state index < -0.39 is 117 Å². The Kier molecular flexibility index (Phi) is 32.3. The fourth-order valence-corrected chi connectivity index (χ4v) is 16.5. The van der Waals surface area contributed by atoms with E-state index in [1.54, 1.807) is 112 Å². The van der Waals surface area contributed by atoms with Crippen LogP contribution in [0, 0.1) is 0 Å². The number of nitrogens with two attached hydrogens (primary N) is 1. The number of aryl methyl sites for hydroxylation is 3. The van der Waals surface area contributed by atoms with E-state index in [1.165, 1.54) is 50.9 Å². The average Bonchev–Trinajstić information content (AvgIpc) is 1.60. The molecular formula is C72H88BrF9KN15O13S4. The minimum absolute atomic E-state index is 0. The van der Waals surface area contributed by atoms with Crippen molar-refractivity contribution in [3.05, 3.63) is 108 Å². The molecule has 9 heterocycles. The minimum Gasteiger partial charge on any atom is -0.870 e. The fraction of sp³-hybridized carbons (Fsp3) is 0.514.